The quantitative estimate of drug-likeness (QED) is 0.810. The maximum atomic E-state index is 13.1. The standard InChI is InChI=1S/C15H19FN6O2/c16-13-4-17-14(18-5-13)22-1-2-23-9-15(8-22)3-12(7-24-15)6-21-10-19-20-11-21/h4-5,10-12H,1-3,6-9H2/t12-,15+/m1/s1. The molecule has 24 heavy (non-hydrogen) atoms. The minimum Gasteiger partial charge on any atom is -0.377 e. The molecule has 0 bridgehead atoms. The van der Waals surface area contributed by atoms with Crippen LogP contribution >= 0.6 is 0 Å². The van der Waals surface area contributed by atoms with Crippen molar-refractivity contribution >= 4 is 5.95 Å². The number of hydrogen-bond donors (Lipinski definition) is 0. The van der Waals surface area contributed by atoms with Crippen LogP contribution in [0.1, 0.15) is 6.42 Å². The lowest BCUT2D eigenvalue weighted by molar-refractivity contribution is -0.0458. The van der Waals surface area contributed by atoms with Crippen LogP contribution < -0.4 is 4.90 Å². The van der Waals surface area contributed by atoms with E-state index >= 15 is 0 Å². The van der Waals surface area contributed by atoms with Gasteiger partial charge in [0.15, 0.2) is 5.82 Å². The molecule has 2 aromatic rings. The SMILES string of the molecule is Fc1cnc(N2CCOC[C@]3(C[C@H](Cn4cnnc4)CO3)C2)nc1. The van der Waals surface area contributed by atoms with Crippen LogP contribution in [0.2, 0.25) is 0 Å². The molecule has 4 rings (SSSR count). The third-order valence-corrected chi connectivity index (χ3v) is 4.46. The van der Waals surface area contributed by atoms with E-state index in [4.69, 9.17) is 9.47 Å². The first kappa shape index (κ1) is 15.4. The summed E-state index contributed by atoms with van der Waals surface area (Å²) in [6, 6.07) is 0. The fourth-order valence-corrected chi connectivity index (χ4v) is 3.43. The van der Waals surface area contributed by atoms with Crippen molar-refractivity contribution in [2.24, 2.45) is 5.92 Å². The van der Waals surface area contributed by atoms with E-state index in [0.717, 1.165) is 13.0 Å². The molecule has 0 aliphatic carbocycles. The summed E-state index contributed by atoms with van der Waals surface area (Å²) >= 11 is 0. The average Bonchev–Trinajstić information content (AvgIpc) is 3.17. The Morgan fingerprint density at radius 1 is 1.25 bits per heavy atom. The smallest absolute Gasteiger partial charge is 0.225 e. The van der Waals surface area contributed by atoms with Gasteiger partial charge in [-0.1, -0.05) is 0 Å². The van der Waals surface area contributed by atoms with Gasteiger partial charge in [0.2, 0.25) is 5.95 Å². The lowest BCUT2D eigenvalue weighted by Crippen LogP contribution is -2.44. The van der Waals surface area contributed by atoms with Gasteiger partial charge in [-0.15, -0.1) is 10.2 Å². The Morgan fingerprint density at radius 2 is 2.04 bits per heavy atom. The van der Waals surface area contributed by atoms with Crippen LogP contribution in [-0.2, 0) is 16.0 Å². The van der Waals surface area contributed by atoms with Gasteiger partial charge >= 0.3 is 0 Å². The zero-order valence-electron chi connectivity index (χ0n) is 13.2. The minimum absolute atomic E-state index is 0.374. The van der Waals surface area contributed by atoms with E-state index in [1.165, 1.54) is 12.4 Å². The van der Waals surface area contributed by atoms with Gasteiger partial charge in [-0.05, 0) is 6.42 Å². The van der Waals surface area contributed by atoms with Crippen molar-refractivity contribution in [1.82, 2.24) is 24.7 Å². The lowest BCUT2D eigenvalue weighted by Gasteiger charge is -2.31. The highest BCUT2D eigenvalue weighted by atomic mass is 19.1. The van der Waals surface area contributed by atoms with Crippen molar-refractivity contribution in [3.63, 3.8) is 0 Å². The lowest BCUT2D eigenvalue weighted by atomic mass is 9.94. The summed E-state index contributed by atoms with van der Waals surface area (Å²) in [4.78, 5) is 10.2. The second-order valence-corrected chi connectivity index (χ2v) is 6.40. The van der Waals surface area contributed by atoms with Crippen LogP contribution in [0.4, 0.5) is 10.3 Å². The van der Waals surface area contributed by atoms with Crippen molar-refractivity contribution in [3.8, 4) is 0 Å². The van der Waals surface area contributed by atoms with Gasteiger partial charge in [0, 0.05) is 19.0 Å². The first-order valence-corrected chi connectivity index (χ1v) is 7.99. The van der Waals surface area contributed by atoms with Crippen molar-refractivity contribution in [2.45, 2.75) is 18.6 Å². The molecule has 0 unspecified atom stereocenters. The zero-order chi connectivity index (χ0) is 16.4. The number of anilines is 1. The van der Waals surface area contributed by atoms with Crippen molar-refractivity contribution in [3.05, 3.63) is 30.9 Å². The maximum Gasteiger partial charge on any atom is 0.225 e. The number of nitrogens with zero attached hydrogens (tertiary/aromatic N) is 6. The Hall–Kier alpha value is -2.13. The highest BCUT2D eigenvalue weighted by Crippen LogP contribution is 2.34. The van der Waals surface area contributed by atoms with Crippen molar-refractivity contribution in [1.29, 1.82) is 0 Å². The topological polar surface area (TPSA) is 78.2 Å². The van der Waals surface area contributed by atoms with E-state index in [2.05, 4.69) is 20.2 Å². The fourth-order valence-electron chi connectivity index (χ4n) is 3.43. The second kappa shape index (κ2) is 6.40. The van der Waals surface area contributed by atoms with E-state index in [1.807, 2.05) is 9.47 Å². The molecule has 8 nitrogen and oxygen atoms in total. The third-order valence-electron chi connectivity index (χ3n) is 4.46. The first-order valence-electron chi connectivity index (χ1n) is 7.99. The van der Waals surface area contributed by atoms with Crippen LogP contribution in [0.3, 0.4) is 0 Å². The molecule has 2 fully saturated rings. The van der Waals surface area contributed by atoms with E-state index in [0.29, 0.717) is 44.8 Å². The Bertz CT molecular complexity index is 667. The second-order valence-electron chi connectivity index (χ2n) is 6.40. The van der Waals surface area contributed by atoms with Crippen LogP contribution in [0, 0.1) is 11.7 Å². The Balaban J connectivity index is 1.47. The number of aromatic nitrogens is 5. The Morgan fingerprint density at radius 3 is 2.83 bits per heavy atom. The molecular formula is C15H19FN6O2. The van der Waals surface area contributed by atoms with Gasteiger partial charge in [-0.25, -0.2) is 14.4 Å². The van der Waals surface area contributed by atoms with Gasteiger partial charge in [-0.3, -0.25) is 0 Å². The van der Waals surface area contributed by atoms with Crippen LogP contribution in [-0.4, -0.2) is 63.2 Å². The zero-order valence-corrected chi connectivity index (χ0v) is 13.2. The molecule has 4 heterocycles. The molecule has 1 spiro atoms. The highest BCUT2D eigenvalue weighted by Gasteiger charge is 2.43. The normalized spacial score (nSPS) is 27.5. The minimum atomic E-state index is -0.439. The summed E-state index contributed by atoms with van der Waals surface area (Å²) in [5.74, 6) is 0.441. The van der Waals surface area contributed by atoms with E-state index in [1.54, 1.807) is 12.7 Å². The number of ether oxygens (including phenoxy) is 2. The van der Waals surface area contributed by atoms with Gasteiger partial charge < -0.3 is 18.9 Å². The van der Waals surface area contributed by atoms with E-state index < -0.39 is 5.82 Å². The number of rotatable bonds is 3. The van der Waals surface area contributed by atoms with Gasteiger partial charge in [0.1, 0.15) is 18.3 Å². The van der Waals surface area contributed by atoms with Crippen LogP contribution in [0.15, 0.2) is 25.0 Å². The number of halogens is 1. The third kappa shape index (κ3) is 3.22. The first-order chi connectivity index (χ1) is 11.7. The Labute approximate surface area is 138 Å². The molecule has 9 heteroatoms. The van der Waals surface area contributed by atoms with E-state index in [-0.39, 0.29) is 5.60 Å². The molecule has 2 atom stereocenters. The van der Waals surface area contributed by atoms with Crippen molar-refractivity contribution in [2.75, 3.05) is 37.8 Å². The van der Waals surface area contributed by atoms with Crippen LogP contribution in [0.5, 0.6) is 0 Å². The summed E-state index contributed by atoms with van der Waals surface area (Å²) in [7, 11) is 0. The summed E-state index contributed by atoms with van der Waals surface area (Å²) < 4.78 is 26.9. The monoisotopic (exact) mass is 334 g/mol. The molecular weight excluding hydrogens is 315 g/mol. The Kier molecular flexibility index (Phi) is 4.11. The molecule has 0 saturated carbocycles. The largest absolute Gasteiger partial charge is 0.377 e. The van der Waals surface area contributed by atoms with Gasteiger partial charge in [0.25, 0.3) is 0 Å². The predicted octanol–water partition coefficient (Wildman–Crippen LogP) is 0.519. The fraction of sp³-hybridized carbons (Fsp3) is 0.600. The highest BCUT2D eigenvalue weighted by molar-refractivity contribution is 5.30. The molecule has 2 aliphatic rings. The molecule has 2 aromatic heterocycles. The van der Waals surface area contributed by atoms with Crippen LogP contribution in [0.25, 0.3) is 0 Å². The van der Waals surface area contributed by atoms with Gasteiger partial charge in [-0.2, -0.15) is 0 Å². The molecule has 0 radical (unpaired) electrons. The predicted molar refractivity (Wildman–Crippen MR) is 81.8 cm³/mol. The number of hydrogen-bond acceptors (Lipinski definition) is 7. The molecule has 0 aromatic carbocycles. The maximum absolute atomic E-state index is 13.1. The van der Waals surface area contributed by atoms with E-state index in [9.17, 15) is 4.39 Å². The summed E-state index contributed by atoms with van der Waals surface area (Å²) in [5.41, 5.74) is -0.382. The molecule has 0 amide bonds. The average molecular weight is 334 g/mol. The van der Waals surface area contributed by atoms with Gasteiger partial charge in [0.05, 0.1) is 38.8 Å². The molecule has 2 aliphatic heterocycles. The molecule has 2 saturated heterocycles. The molecule has 128 valence electrons. The summed E-state index contributed by atoms with van der Waals surface area (Å²) in [6.45, 7) is 3.90. The van der Waals surface area contributed by atoms with Crippen molar-refractivity contribution < 1.29 is 13.9 Å². The molecule has 0 N–H and O–H groups in total. The summed E-state index contributed by atoms with van der Waals surface area (Å²) in [5, 5.41) is 7.67. The summed E-state index contributed by atoms with van der Waals surface area (Å²) in [6.07, 6.45) is 6.68.